The summed E-state index contributed by atoms with van der Waals surface area (Å²) in [6.45, 7) is -1.20. The Bertz CT molecular complexity index is 317. The highest BCUT2D eigenvalue weighted by Crippen LogP contribution is 2.32. The molecular weight excluding hydrogens is 246 g/mol. The molecule has 1 N–H and O–H groups in total. The molecule has 0 aromatic heterocycles. The van der Waals surface area contributed by atoms with Crippen LogP contribution in [0.15, 0.2) is 0 Å². The third-order valence-corrected chi connectivity index (χ3v) is 2.35. The zero-order valence-electron chi connectivity index (χ0n) is 8.71. The van der Waals surface area contributed by atoms with Gasteiger partial charge in [0.1, 0.15) is 6.54 Å². The summed E-state index contributed by atoms with van der Waals surface area (Å²) >= 11 is 0. The van der Waals surface area contributed by atoms with Gasteiger partial charge < -0.3 is 10.0 Å². The van der Waals surface area contributed by atoms with Crippen LogP contribution < -0.4 is 0 Å². The summed E-state index contributed by atoms with van der Waals surface area (Å²) in [5.41, 5.74) is 0. The number of hydrogen-bond donors (Lipinski definition) is 1. The van der Waals surface area contributed by atoms with Crippen LogP contribution in [0, 0.1) is 5.92 Å². The molecule has 1 aliphatic carbocycles. The molecule has 0 aromatic rings. The number of carboxylic acids is 1. The average Bonchev–Trinajstić information content (AvgIpc) is 2.98. The van der Waals surface area contributed by atoms with E-state index in [9.17, 15) is 27.2 Å². The van der Waals surface area contributed by atoms with Crippen molar-refractivity contribution in [2.45, 2.75) is 25.2 Å². The molecule has 0 saturated heterocycles. The number of aliphatic carboxylic acids is 1. The van der Waals surface area contributed by atoms with Gasteiger partial charge in [0.15, 0.2) is 0 Å². The predicted molar refractivity (Wildman–Crippen MR) is 47.9 cm³/mol. The highest BCUT2D eigenvalue weighted by atomic mass is 19.3. The van der Waals surface area contributed by atoms with Crippen LogP contribution in [-0.2, 0) is 9.59 Å². The molecule has 0 unspecified atom stereocenters. The lowest BCUT2D eigenvalue weighted by Crippen LogP contribution is -2.50. The Balaban J connectivity index is 2.73. The number of carboxylic acid groups (broad SMARTS) is 1. The van der Waals surface area contributed by atoms with Crippen LogP contribution in [0.25, 0.3) is 0 Å². The summed E-state index contributed by atoms with van der Waals surface area (Å²) < 4.78 is 49.5. The van der Waals surface area contributed by atoms with Crippen molar-refractivity contribution in [2.24, 2.45) is 5.92 Å². The van der Waals surface area contributed by atoms with Gasteiger partial charge in [-0.15, -0.1) is 0 Å². The van der Waals surface area contributed by atoms with Crippen LogP contribution in [0.4, 0.5) is 17.6 Å². The number of rotatable bonds is 6. The monoisotopic (exact) mass is 257 g/mol. The molecule has 0 aliphatic heterocycles. The molecule has 1 amide bonds. The second-order valence-corrected chi connectivity index (χ2v) is 3.95. The molecule has 1 fully saturated rings. The van der Waals surface area contributed by atoms with E-state index in [1.807, 2.05) is 0 Å². The van der Waals surface area contributed by atoms with Gasteiger partial charge in [0, 0.05) is 6.54 Å². The Morgan fingerprint density at radius 2 is 1.88 bits per heavy atom. The first-order chi connectivity index (χ1) is 7.75. The van der Waals surface area contributed by atoms with Gasteiger partial charge >= 0.3 is 18.3 Å². The molecule has 17 heavy (non-hydrogen) atoms. The molecule has 0 radical (unpaired) electrons. The lowest BCUT2D eigenvalue weighted by Gasteiger charge is -2.25. The van der Waals surface area contributed by atoms with Gasteiger partial charge in [-0.1, -0.05) is 0 Å². The maximum atomic E-state index is 12.8. The molecule has 0 atom stereocenters. The molecule has 0 bridgehead atoms. The normalized spacial score (nSPS) is 16.1. The minimum Gasteiger partial charge on any atom is -0.480 e. The Kier molecular flexibility index (Phi) is 3.94. The molecule has 0 heterocycles. The van der Waals surface area contributed by atoms with Gasteiger partial charge in [-0.3, -0.25) is 9.59 Å². The number of carbonyl (C=O) groups is 2. The van der Waals surface area contributed by atoms with E-state index < -0.39 is 30.8 Å². The lowest BCUT2D eigenvalue weighted by atomic mass is 10.2. The molecule has 98 valence electrons. The number of carbonyl (C=O) groups excluding carboxylic acids is 1. The van der Waals surface area contributed by atoms with Gasteiger partial charge in [0.25, 0.3) is 5.91 Å². The first-order valence-corrected chi connectivity index (χ1v) is 4.92. The number of halogens is 4. The molecule has 8 heteroatoms. The molecule has 1 aliphatic rings. The van der Waals surface area contributed by atoms with E-state index in [1.165, 1.54) is 0 Å². The minimum absolute atomic E-state index is 0.0632. The van der Waals surface area contributed by atoms with E-state index >= 15 is 0 Å². The first-order valence-electron chi connectivity index (χ1n) is 4.92. The Labute approximate surface area is 94.2 Å². The van der Waals surface area contributed by atoms with Crippen LogP contribution in [0.5, 0.6) is 0 Å². The fourth-order valence-electron chi connectivity index (χ4n) is 1.30. The number of nitrogens with zero attached hydrogens (tertiary/aromatic N) is 1. The maximum Gasteiger partial charge on any atom is 0.383 e. The first kappa shape index (κ1) is 13.7. The summed E-state index contributed by atoms with van der Waals surface area (Å²) in [5.74, 6) is -8.53. The van der Waals surface area contributed by atoms with E-state index in [1.54, 1.807) is 0 Å². The Morgan fingerprint density at radius 1 is 1.35 bits per heavy atom. The fraction of sp³-hybridized carbons (Fsp3) is 0.778. The minimum atomic E-state index is -4.83. The standard InChI is InChI=1S/C9H11F4NO3/c10-7(11)9(12,13)8(17)14(4-6(15)16)3-5-1-2-5/h5,7H,1-4H2,(H,15,16). The van der Waals surface area contributed by atoms with Gasteiger partial charge in [0.05, 0.1) is 0 Å². The van der Waals surface area contributed by atoms with Gasteiger partial charge in [-0.25, -0.2) is 8.78 Å². The zero-order chi connectivity index (χ0) is 13.2. The van der Waals surface area contributed by atoms with E-state index in [-0.39, 0.29) is 17.4 Å². The Hall–Kier alpha value is -1.34. The van der Waals surface area contributed by atoms with Crippen molar-refractivity contribution in [3.63, 3.8) is 0 Å². The molecular formula is C9H11F4NO3. The van der Waals surface area contributed by atoms with Crippen molar-refractivity contribution in [1.82, 2.24) is 4.90 Å². The van der Waals surface area contributed by atoms with Gasteiger partial charge in [-0.05, 0) is 18.8 Å². The summed E-state index contributed by atoms with van der Waals surface area (Å²) in [4.78, 5) is 21.8. The number of alkyl halides is 4. The van der Waals surface area contributed by atoms with Gasteiger partial charge in [0.2, 0.25) is 0 Å². The molecule has 0 spiro atoms. The fourth-order valence-corrected chi connectivity index (χ4v) is 1.30. The summed E-state index contributed by atoms with van der Waals surface area (Å²) in [5, 5.41) is 8.44. The van der Waals surface area contributed by atoms with Crippen molar-refractivity contribution in [3.05, 3.63) is 0 Å². The summed E-state index contributed by atoms with van der Waals surface area (Å²) in [6, 6.07) is 0. The van der Waals surface area contributed by atoms with Crippen LogP contribution in [-0.4, -0.2) is 47.3 Å². The van der Waals surface area contributed by atoms with Crippen LogP contribution in [0.2, 0.25) is 0 Å². The SMILES string of the molecule is O=C(O)CN(CC1CC1)C(=O)C(F)(F)C(F)F. The highest BCUT2D eigenvalue weighted by molar-refractivity contribution is 5.87. The Morgan fingerprint density at radius 3 is 2.24 bits per heavy atom. The van der Waals surface area contributed by atoms with Gasteiger partial charge in [-0.2, -0.15) is 8.78 Å². The third kappa shape index (κ3) is 3.57. The smallest absolute Gasteiger partial charge is 0.383 e. The third-order valence-electron chi connectivity index (χ3n) is 2.35. The van der Waals surface area contributed by atoms with Crippen molar-refractivity contribution in [3.8, 4) is 0 Å². The largest absolute Gasteiger partial charge is 0.480 e. The van der Waals surface area contributed by atoms with Crippen molar-refractivity contribution < 1.29 is 32.3 Å². The highest BCUT2D eigenvalue weighted by Gasteiger charge is 2.51. The van der Waals surface area contributed by atoms with E-state index in [4.69, 9.17) is 5.11 Å². The molecule has 0 aromatic carbocycles. The second kappa shape index (κ2) is 4.89. The van der Waals surface area contributed by atoms with Crippen LogP contribution in [0.3, 0.4) is 0 Å². The van der Waals surface area contributed by atoms with Crippen molar-refractivity contribution in [2.75, 3.05) is 13.1 Å². The van der Waals surface area contributed by atoms with E-state index in [0.717, 1.165) is 0 Å². The zero-order valence-corrected chi connectivity index (χ0v) is 8.71. The predicted octanol–water partition coefficient (Wildman–Crippen LogP) is 1.21. The number of amides is 1. The quantitative estimate of drug-likeness (QED) is 0.727. The molecule has 1 saturated carbocycles. The second-order valence-electron chi connectivity index (χ2n) is 3.95. The topological polar surface area (TPSA) is 57.6 Å². The van der Waals surface area contributed by atoms with Crippen molar-refractivity contribution >= 4 is 11.9 Å². The van der Waals surface area contributed by atoms with Crippen LogP contribution in [0.1, 0.15) is 12.8 Å². The van der Waals surface area contributed by atoms with E-state index in [0.29, 0.717) is 12.8 Å². The molecule has 4 nitrogen and oxygen atoms in total. The number of hydrogen-bond acceptors (Lipinski definition) is 2. The van der Waals surface area contributed by atoms with E-state index in [2.05, 4.69) is 0 Å². The average molecular weight is 257 g/mol. The molecule has 1 rings (SSSR count). The lowest BCUT2D eigenvalue weighted by molar-refractivity contribution is -0.182. The van der Waals surface area contributed by atoms with Crippen LogP contribution >= 0.6 is 0 Å². The summed E-state index contributed by atoms with van der Waals surface area (Å²) in [6.07, 6.45) is -2.77. The maximum absolute atomic E-state index is 12.8. The summed E-state index contributed by atoms with van der Waals surface area (Å²) in [7, 11) is 0. The van der Waals surface area contributed by atoms with Crippen molar-refractivity contribution in [1.29, 1.82) is 0 Å².